The van der Waals surface area contributed by atoms with E-state index in [0.29, 0.717) is 10.0 Å². The summed E-state index contributed by atoms with van der Waals surface area (Å²) in [7, 11) is -0.183. The molecule has 2 amide bonds. The first-order chi connectivity index (χ1) is 9.93. The van der Waals surface area contributed by atoms with E-state index in [1.807, 2.05) is 0 Å². The molecule has 0 saturated heterocycles. The van der Waals surface area contributed by atoms with Crippen molar-refractivity contribution in [2.75, 3.05) is 7.02 Å². The molecule has 0 unspecified atom stereocenters. The van der Waals surface area contributed by atoms with Crippen LogP contribution in [0.5, 0.6) is 0 Å². The lowest BCUT2D eigenvalue weighted by atomic mass is 10.1. The minimum atomic E-state index is -0.774. The van der Waals surface area contributed by atoms with Crippen molar-refractivity contribution in [1.29, 1.82) is 0 Å². The van der Waals surface area contributed by atoms with Crippen LogP contribution in [0.3, 0.4) is 0 Å². The molecule has 0 aliphatic rings. The first-order valence-corrected chi connectivity index (χ1v) is 6.72. The van der Waals surface area contributed by atoms with Crippen LogP contribution in [0.2, 0.25) is 10.0 Å². The number of nitrogens with two attached hydrogens (primary N) is 1. The van der Waals surface area contributed by atoms with Gasteiger partial charge in [0.15, 0.2) is 0 Å². The Labute approximate surface area is 129 Å². The van der Waals surface area contributed by atoms with E-state index in [4.69, 9.17) is 30.3 Å². The Balaban J connectivity index is 2.38. The van der Waals surface area contributed by atoms with Gasteiger partial charge in [-0.1, -0.05) is 29.3 Å². The van der Waals surface area contributed by atoms with Gasteiger partial charge in [0.05, 0.1) is 16.1 Å². The minimum absolute atomic E-state index is 0.111. The third-order valence-corrected chi connectivity index (χ3v) is 3.41. The Hall–Kier alpha value is -1.30. The Bertz CT molecular complexity index is 514. The second-order valence-electron chi connectivity index (χ2n) is 4.21. The number of carbonyl (C=O) groups excluding carboxylic acids is 2. The van der Waals surface area contributed by atoms with Crippen LogP contribution in [0.25, 0.3) is 0 Å². The summed E-state index contributed by atoms with van der Waals surface area (Å²) < 4.78 is 6.83. The van der Waals surface area contributed by atoms with Crippen LogP contribution in [0.1, 0.15) is 19.8 Å². The monoisotopic (exact) mass is 319 g/mol. The number of hydrogen-bond acceptors (Lipinski definition) is 3. The molecule has 1 aromatic rings. The first kappa shape index (κ1) is 15.1. The summed E-state index contributed by atoms with van der Waals surface area (Å²) in [4.78, 5) is 22.9. The molecule has 5 nitrogen and oxygen atoms in total. The largest absolute Gasteiger partial charge is 0.359 e. The van der Waals surface area contributed by atoms with Gasteiger partial charge in [0.2, 0.25) is 11.8 Å². The molecule has 0 fully saturated rings. The number of rotatable bonds is 6. The van der Waals surface area contributed by atoms with E-state index in [9.17, 15) is 9.59 Å². The molecule has 0 aromatic heterocycles. The highest BCUT2D eigenvalue weighted by molar-refractivity contribution is 6.42. The maximum Gasteiger partial charge on any atom is 0.237 e. The van der Waals surface area contributed by atoms with Gasteiger partial charge in [-0.3, -0.25) is 9.59 Å². The zero-order valence-corrected chi connectivity index (χ0v) is 12.3. The summed E-state index contributed by atoms with van der Waals surface area (Å²) >= 11 is 11.7. The van der Waals surface area contributed by atoms with E-state index < -0.39 is 6.04 Å². The fourth-order valence-electron chi connectivity index (χ4n) is 1.48. The van der Waals surface area contributed by atoms with Crippen LogP contribution < -0.4 is 16.4 Å². The van der Waals surface area contributed by atoms with Gasteiger partial charge in [-0.15, -0.1) is 0 Å². The molecular weight excluding hydrogens is 301 g/mol. The van der Waals surface area contributed by atoms with Crippen LogP contribution in [-0.4, -0.2) is 24.9 Å². The van der Waals surface area contributed by atoms with Crippen LogP contribution >= 0.6 is 23.2 Å². The Kier molecular flexibility index (Phi) is 6.11. The zero-order valence-electron chi connectivity index (χ0n) is 11.8. The second-order valence-corrected chi connectivity index (χ2v) is 5.03. The van der Waals surface area contributed by atoms with Gasteiger partial charge in [0.25, 0.3) is 0 Å². The zero-order chi connectivity index (χ0) is 15.8. The van der Waals surface area contributed by atoms with Gasteiger partial charge in [0.1, 0.15) is 0 Å². The molecule has 0 aliphatic heterocycles. The van der Waals surface area contributed by atoms with Crippen molar-refractivity contribution in [2.24, 2.45) is 5.73 Å². The Morgan fingerprint density at radius 2 is 2.15 bits per heavy atom. The van der Waals surface area contributed by atoms with Gasteiger partial charge >= 0.3 is 0 Å². The summed E-state index contributed by atoms with van der Waals surface area (Å²) in [6, 6.07) is 4.29. The predicted octanol–water partition coefficient (Wildman–Crippen LogP) is 1.46. The lowest BCUT2D eigenvalue weighted by Crippen LogP contribution is -2.40. The molecule has 0 saturated carbocycles. The predicted molar refractivity (Wildman–Crippen MR) is 79.6 cm³/mol. The topological polar surface area (TPSA) is 84.2 Å². The van der Waals surface area contributed by atoms with Crippen molar-refractivity contribution >= 4 is 35.0 Å². The van der Waals surface area contributed by atoms with E-state index in [0.717, 1.165) is 5.56 Å². The summed E-state index contributed by atoms with van der Waals surface area (Å²) in [5.41, 5.74) is 6.50. The van der Waals surface area contributed by atoms with Crippen molar-refractivity contribution in [3.63, 3.8) is 0 Å². The summed E-state index contributed by atoms with van der Waals surface area (Å²) in [5, 5.41) is 5.85. The van der Waals surface area contributed by atoms with Crippen molar-refractivity contribution in [1.82, 2.24) is 10.6 Å². The molecule has 0 radical (unpaired) electrons. The Morgan fingerprint density at radius 3 is 2.80 bits per heavy atom. The summed E-state index contributed by atoms with van der Waals surface area (Å²) in [5.74, 6) is -0.641. The van der Waals surface area contributed by atoms with Gasteiger partial charge in [-0.2, -0.15) is 0 Å². The van der Waals surface area contributed by atoms with Gasteiger partial charge in [-0.05, 0) is 24.1 Å². The van der Waals surface area contributed by atoms with E-state index in [2.05, 4.69) is 10.6 Å². The van der Waals surface area contributed by atoms with Crippen LogP contribution in [0.15, 0.2) is 18.2 Å². The lowest BCUT2D eigenvalue weighted by molar-refractivity contribution is -0.123. The maximum absolute atomic E-state index is 11.8. The Morgan fingerprint density at radius 1 is 1.40 bits per heavy atom. The van der Waals surface area contributed by atoms with Crippen molar-refractivity contribution in [3.8, 4) is 0 Å². The third-order valence-electron chi connectivity index (χ3n) is 2.67. The molecule has 1 rings (SSSR count). The smallest absolute Gasteiger partial charge is 0.237 e. The molecule has 20 heavy (non-hydrogen) atoms. The molecule has 1 atom stereocenters. The highest BCUT2D eigenvalue weighted by Gasteiger charge is 2.14. The van der Waals surface area contributed by atoms with Crippen molar-refractivity contribution in [3.05, 3.63) is 33.8 Å². The van der Waals surface area contributed by atoms with Crippen molar-refractivity contribution in [2.45, 2.75) is 25.4 Å². The molecule has 1 aromatic carbocycles. The average molecular weight is 320 g/mol. The molecule has 4 N–H and O–H groups in total. The van der Waals surface area contributed by atoms with Gasteiger partial charge < -0.3 is 16.4 Å². The normalized spacial score (nSPS) is 12.4. The van der Waals surface area contributed by atoms with E-state index in [1.54, 1.807) is 18.2 Å². The molecule has 7 heteroatoms. The summed E-state index contributed by atoms with van der Waals surface area (Å²) in [6.45, 7) is 0.280. The van der Waals surface area contributed by atoms with E-state index in [1.165, 1.54) is 0 Å². The van der Waals surface area contributed by atoms with Gasteiger partial charge in [0, 0.05) is 21.4 Å². The second kappa shape index (κ2) is 8.09. The number of carbonyl (C=O) groups is 2. The molecule has 110 valence electrons. The van der Waals surface area contributed by atoms with E-state index >= 15 is 0 Å². The average Bonchev–Trinajstić information content (AvgIpc) is 2.46. The fourth-order valence-corrected chi connectivity index (χ4v) is 1.80. The lowest BCUT2D eigenvalue weighted by Gasteiger charge is -2.12. The molecular formula is C13H17Cl2N3O2. The highest BCUT2D eigenvalue weighted by Crippen LogP contribution is 2.22. The highest BCUT2D eigenvalue weighted by atomic mass is 35.5. The maximum atomic E-state index is 11.8. The van der Waals surface area contributed by atoms with Crippen molar-refractivity contribution < 1.29 is 11.0 Å². The number of benzene rings is 1. The molecule has 0 bridgehead atoms. The van der Waals surface area contributed by atoms with Gasteiger partial charge in [-0.25, -0.2) is 0 Å². The quantitative estimate of drug-likeness (QED) is 0.742. The fraction of sp³-hybridized carbons (Fsp3) is 0.385. The third kappa shape index (κ3) is 5.36. The number of amides is 2. The molecule has 0 spiro atoms. The van der Waals surface area contributed by atoms with Crippen LogP contribution in [0, 0.1) is 0 Å². The standard InChI is InChI=1S/C13H17Cl2N3O2/c1-17-12(19)5-4-11(16)13(20)18-7-8-2-3-9(14)10(15)6-8/h2-3,6,11H,4-5,7,16H2,1H3,(H,17,19)(H,18,20)/t11-/m1/s1/i1T. The number of halogens is 2. The minimum Gasteiger partial charge on any atom is -0.359 e. The molecule has 0 heterocycles. The number of hydrogen-bond donors (Lipinski definition) is 3. The van der Waals surface area contributed by atoms with Crippen LogP contribution in [-0.2, 0) is 16.1 Å². The SMILES string of the molecule is [3H]CNC(=O)CC[C@@H](N)C(=O)NCc1ccc(Cl)c(Cl)c1. The number of nitrogens with one attached hydrogen (secondary N) is 2. The summed E-state index contributed by atoms with van der Waals surface area (Å²) in [6.07, 6.45) is 0.333. The van der Waals surface area contributed by atoms with E-state index in [-0.39, 0.29) is 38.2 Å². The van der Waals surface area contributed by atoms with Crippen LogP contribution in [0.4, 0.5) is 0 Å². The molecule has 0 aliphatic carbocycles. The first-order valence-electron chi connectivity index (χ1n) is 6.68.